The molecule has 22 heavy (non-hydrogen) atoms. The van der Waals surface area contributed by atoms with Crippen molar-refractivity contribution in [3.63, 3.8) is 0 Å². The maximum absolute atomic E-state index is 12.7. The fourth-order valence-electron chi connectivity index (χ4n) is 2.52. The Morgan fingerprint density at radius 1 is 1.41 bits per heavy atom. The Bertz CT molecular complexity index is 682. The van der Waals surface area contributed by atoms with E-state index >= 15 is 0 Å². The number of anilines is 1. The van der Waals surface area contributed by atoms with Crippen LogP contribution in [0.3, 0.4) is 0 Å². The van der Waals surface area contributed by atoms with Gasteiger partial charge in [-0.1, -0.05) is 6.42 Å². The Labute approximate surface area is 132 Å². The Morgan fingerprint density at radius 2 is 2.09 bits per heavy atom. The summed E-state index contributed by atoms with van der Waals surface area (Å²) in [5.41, 5.74) is 0.341. The van der Waals surface area contributed by atoms with Crippen LogP contribution in [0.2, 0.25) is 0 Å². The predicted octanol–water partition coefficient (Wildman–Crippen LogP) is 2.01. The largest absolute Gasteiger partial charge is 0.381 e. The van der Waals surface area contributed by atoms with E-state index in [1.807, 2.05) is 26.8 Å². The first-order valence-corrected chi connectivity index (χ1v) is 8.80. The van der Waals surface area contributed by atoms with Crippen LogP contribution in [0.4, 0.5) is 5.69 Å². The second-order valence-electron chi connectivity index (χ2n) is 6.76. The standard InChI is InChI=1S/C15H22N4O2S/c1-14(2,3)19-22(20,21)15(7-5-8-15)11-18-12-6-4-9-17-13(12)10-16/h4,6,9,18-19H,5,7-8,11H2,1-3H3. The number of rotatable bonds is 5. The maximum atomic E-state index is 12.7. The molecule has 2 N–H and O–H groups in total. The zero-order valence-corrected chi connectivity index (χ0v) is 14.0. The molecule has 0 amide bonds. The number of nitriles is 1. The second kappa shape index (κ2) is 5.86. The molecule has 0 saturated heterocycles. The van der Waals surface area contributed by atoms with Crippen molar-refractivity contribution in [1.29, 1.82) is 5.26 Å². The average Bonchev–Trinajstić information content (AvgIpc) is 2.34. The highest BCUT2D eigenvalue weighted by molar-refractivity contribution is 7.91. The predicted molar refractivity (Wildman–Crippen MR) is 85.8 cm³/mol. The maximum Gasteiger partial charge on any atom is 0.219 e. The van der Waals surface area contributed by atoms with E-state index in [2.05, 4.69) is 15.0 Å². The first-order chi connectivity index (χ1) is 10.2. The van der Waals surface area contributed by atoms with Gasteiger partial charge in [0.1, 0.15) is 10.8 Å². The van der Waals surface area contributed by atoms with Crippen molar-refractivity contribution in [1.82, 2.24) is 9.71 Å². The van der Waals surface area contributed by atoms with Gasteiger partial charge in [0, 0.05) is 18.3 Å². The number of hydrogen-bond acceptors (Lipinski definition) is 5. The SMILES string of the molecule is CC(C)(C)NS(=O)(=O)C1(CNc2cccnc2C#N)CCC1. The van der Waals surface area contributed by atoms with Crippen molar-refractivity contribution in [3.8, 4) is 6.07 Å². The minimum absolute atomic E-state index is 0.276. The van der Waals surface area contributed by atoms with Gasteiger partial charge in [-0.05, 0) is 45.7 Å². The molecule has 7 heteroatoms. The molecular formula is C15H22N4O2S. The highest BCUT2D eigenvalue weighted by atomic mass is 32.2. The molecule has 1 fully saturated rings. The minimum atomic E-state index is -3.45. The molecule has 0 aromatic carbocycles. The molecule has 0 atom stereocenters. The Balaban J connectivity index is 2.17. The van der Waals surface area contributed by atoms with E-state index in [0.29, 0.717) is 18.5 Å². The molecule has 0 radical (unpaired) electrons. The van der Waals surface area contributed by atoms with Crippen LogP contribution in [0.5, 0.6) is 0 Å². The molecule has 2 rings (SSSR count). The number of pyridine rings is 1. The third kappa shape index (κ3) is 3.39. The first kappa shape index (κ1) is 16.7. The number of hydrogen-bond donors (Lipinski definition) is 2. The summed E-state index contributed by atoms with van der Waals surface area (Å²) < 4.78 is 27.3. The lowest BCUT2D eigenvalue weighted by molar-refractivity contribution is 0.339. The summed E-state index contributed by atoms with van der Waals surface area (Å²) in [7, 11) is -3.45. The molecule has 1 aromatic rings. The van der Waals surface area contributed by atoms with Crippen molar-refractivity contribution < 1.29 is 8.42 Å². The first-order valence-electron chi connectivity index (χ1n) is 7.32. The number of aromatic nitrogens is 1. The molecule has 1 saturated carbocycles. The third-order valence-corrected chi connectivity index (χ3v) is 6.36. The van der Waals surface area contributed by atoms with Gasteiger partial charge < -0.3 is 5.32 Å². The Morgan fingerprint density at radius 3 is 2.59 bits per heavy atom. The van der Waals surface area contributed by atoms with Crippen LogP contribution in [0.1, 0.15) is 45.7 Å². The lowest BCUT2D eigenvalue weighted by Gasteiger charge is -2.42. The topological polar surface area (TPSA) is 94.9 Å². The van der Waals surface area contributed by atoms with Crippen molar-refractivity contribution in [2.24, 2.45) is 0 Å². The third-order valence-electron chi connectivity index (χ3n) is 3.79. The second-order valence-corrected chi connectivity index (χ2v) is 8.83. The lowest BCUT2D eigenvalue weighted by atomic mass is 9.84. The quantitative estimate of drug-likeness (QED) is 0.864. The van der Waals surface area contributed by atoms with Gasteiger partial charge in [0.05, 0.1) is 5.69 Å². The fraction of sp³-hybridized carbons (Fsp3) is 0.600. The van der Waals surface area contributed by atoms with Gasteiger partial charge in [-0.25, -0.2) is 18.1 Å². The summed E-state index contributed by atoms with van der Waals surface area (Å²) in [5.74, 6) is 0. The number of nitrogens with one attached hydrogen (secondary N) is 2. The van der Waals surface area contributed by atoms with Crippen LogP contribution in [0, 0.1) is 11.3 Å². The van der Waals surface area contributed by atoms with Crippen LogP contribution < -0.4 is 10.0 Å². The molecule has 120 valence electrons. The van der Waals surface area contributed by atoms with E-state index in [1.54, 1.807) is 18.3 Å². The zero-order valence-electron chi connectivity index (χ0n) is 13.2. The summed E-state index contributed by atoms with van der Waals surface area (Å²) in [5, 5.41) is 12.1. The normalized spacial score (nSPS) is 17.4. The van der Waals surface area contributed by atoms with Gasteiger partial charge in [0.15, 0.2) is 5.69 Å². The monoisotopic (exact) mass is 322 g/mol. The number of nitrogens with zero attached hydrogens (tertiary/aromatic N) is 2. The highest BCUT2D eigenvalue weighted by Gasteiger charge is 2.49. The lowest BCUT2D eigenvalue weighted by Crippen LogP contribution is -2.58. The van der Waals surface area contributed by atoms with Gasteiger partial charge in [0.2, 0.25) is 10.0 Å². The van der Waals surface area contributed by atoms with E-state index in [9.17, 15) is 8.42 Å². The van der Waals surface area contributed by atoms with Gasteiger partial charge >= 0.3 is 0 Å². The fourth-order valence-corrected chi connectivity index (χ4v) is 4.63. The van der Waals surface area contributed by atoms with E-state index in [0.717, 1.165) is 6.42 Å². The van der Waals surface area contributed by atoms with Gasteiger partial charge in [-0.3, -0.25) is 0 Å². The van der Waals surface area contributed by atoms with Gasteiger partial charge in [-0.2, -0.15) is 5.26 Å². The molecule has 1 heterocycles. The van der Waals surface area contributed by atoms with Crippen molar-refractivity contribution >= 4 is 15.7 Å². The molecule has 0 bridgehead atoms. The molecule has 1 aromatic heterocycles. The van der Waals surface area contributed by atoms with Gasteiger partial charge in [0.25, 0.3) is 0 Å². The zero-order chi connectivity index (χ0) is 16.4. The molecule has 1 aliphatic carbocycles. The van der Waals surface area contributed by atoms with Crippen LogP contribution in [-0.4, -0.2) is 30.2 Å². The van der Waals surface area contributed by atoms with E-state index < -0.39 is 20.3 Å². The molecule has 0 unspecified atom stereocenters. The summed E-state index contributed by atoms with van der Waals surface area (Å²) in [6.45, 7) is 5.77. The van der Waals surface area contributed by atoms with Crippen LogP contribution in [0.15, 0.2) is 18.3 Å². The van der Waals surface area contributed by atoms with E-state index in [1.165, 1.54) is 0 Å². The van der Waals surface area contributed by atoms with Crippen molar-refractivity contribution in [2.75, 3.05) is 11.9 Å². The van der Waals surface area contributed by atoms with Crippen LogP contribution in [-0.2, 0) is 10.0 Å². The van der Waals surface area contributed by atoms with Crippen molar-refractivity contribution in [2.45, 2.75) is 50.3 Å². The summed E-state index contributed by atoms with van der Waals surface area (Å²) in [6.07, 6.45) is 3.67. The molecule has 6 nitrogen and oxygen atoms in total. The average molecular weight is 322 g/mol. The Hall–Kier alpha value is -1.65. The number of sulfonamides is 1. The summed E-state index contributed by atoms with van der Waals surface area (Å²) >= 11 is 0. The molecular weight excluding hydrogens is 300 g/mol. The Kier molecular flexibility index (Phi) is 4.45. The summed E-state index contributed by atoms with van der Waals surface area (Å²) in [6, 6.07) is 5.46. The van der Waals surface area contributed by atoms with Crippen LogP contribution >= 0.6 is 0 Å². The summed E-state index contributed by atoms with van der Waals surface area (Å²) in [4.78, 5) is 3.97. The highest BCUT2D eigenvalue weighted by Crippen LogP contribution is 2.39. The molecule has 1 aliphatic rings. The molecule has 0 spiro atoms. The smallest absolute Gasteiger partial charge is 0.219 e. The van der Waals surface area contributed by atoms with E-state index in [-0.39, 0.29) is 12.2 Å². The van der Waals surface area contributed by atoms with E-state index in [4.69, 9.17) is 5.26 Å². The minimum Gasteiger partial charge on any atom is -0.381 e. The van der Waals surface area contributed by atoms with Gasteiger partial charge in [-0.15, -0.1) is 0 Å². The molecule has 0 aliphatic heterocycles. The van der Waals surface area contributed by atoms with Crippen molar-refractivity contribution in [3.05, 3.63) is 24.0 Å². The van der Waals surface area contributed by atoms with Crippen LogP contribution in [0.25, 0.3) is 0 Å².